The lowest BCUT2D eigenvalue weighted by Crippen LogP contribution is -2.25. The Labute approximate surface area is 113 Å². The van der Waals surface area contributed by atoms with Crippen LogP contribution in [0.3, 0.4) is 0 Å². The number of hydrogen-bond donors (Lipinski definition) is 1. The van der Waals surface area contributed by atoms with Gasteiger partial charge in [-0.3, -0.25) is 4.79 Å². The minimum atomic E-state index is 0.0861. The van der Waals surface area contributed by atoms with Gasteiger partial charge < -0.3 is 14.9 Å². The Morgan fingerprint density at radius 3 is 2.63 bits per heavy atom. The van der Waals surface area contributed by atoms with Gasteiger partial charge >= 0.3 is 0 Å². The summed E-state index contributed by atoms with van der Waals surface area (Å²) < 4.78 is 0. The van der Waals surface area contributed by atoms with Crippen LogP contribution < -0.4 is 9.80 Å². The molecule has 1 aromatic carbocycles. The maximum Gasteiger partial charge on any atom is 0.227 e. The third kappa shape index (κ3) is 2.45. The number of aliphatic hydroxyl groups excluding tert-OH is 1. The highest BCUT2D eigenvalue weighted by atomic mass is 16.3. The van der Waals surface area contributed by atoms with Crippen LogP contribution in [0.4, 0.5) is 11.4 Å². The van der Waals surface area contributed by atoms with Gasteiger partial charge in [0, 0.05) is 50.0 Å². The first-order valence-electron chi connectivity index (χ1n) is 7.04. The summed E-state index contributed by atoms with van der Waals surface area (Å²) in [6.45, 7) is 2.94. The third-order valence-corrected chi connectivity index (χ3v) is 4.08. The molecule has 4 heteroatoms. The predicted molar refractivity (Wildman–Crippen MR) is 75.4 cm³/mol. The molecular formula is C15H20N2O2. The molecule has 1 atom stereocenters. The fourth-order valence-corrected chi connectivity index (χ4v) is 2.99. The van der Waals surface area contributed by atoms with Gasteiger partial charge in [0.15, 0.2) is 0 Å². The van der Waals surface area contributed by atoms with E-state index in [0.717, 1.165) is 18.8 Å². The molecule has 2 fully saturated rings. The van der Waals surface area contributed by atoms with E-state index in [9.17, 15) is 9.90 Å². The Bertz CT molecular complexity index is 469. The van der Waals surface area contributed by atoms with Crippen LogP contribution in [-0.4, -0.2) is 37.3 Å². The van der Waals surface area contributed by atoms with E-state index < -0.39 is 0 Å². The average molecular weight is 260 g/mol. The van der Waals surface area contributed by atoms with Crippen molar-refractivity contribution in [2.45, 2.75) is 19.3 Å². The third-order valence-electron chi connectivity index (χ3n) is 4.08. The van der Waals surface area contributed by atoms with Gasteiger partial charge in [0.1, 0.15) is 0 Å². The van der Waals surface area contributed by atoms with Gasteiger partial charge in [-0.15, -0.1) is 0 Å². The first-order valence-corrected chi connectivity index (χ1v) is 7.04. The highest BCUT2D eigenvalue weighted by Gasteiger charge is 2.30. The van der Waals surface area contributed by atoms with E-state index in [0.29, 0.717) is 13.0 Å². The van der Waals surface area contributed by atoms with Gasteiger partial charge in [-0.05, 0) is 31.0 Å². The molecule has 0 radical (unpaired) electrons. The second-order valence-corrected chi connectivity index (χ2v) is 5.47. The molecule has 2 saturated heterocycles. The van der Waals surface area contributed by atoms with E-state index in [1.165, 1.54) is 18.5 Å². The number of rotatable bonds is 3. The molecule has 1 amide bonds. The van der Waals surface area contributed by atoms with Crippen LogP contribution in [0, 0.1) is 5.92 Å². The largest absolute Gasteiger partial charge is 0.396 e. The Balaban J connectivity index is 1.81. The van der Waals surface area contributed by atoms with Gasteiger partial charge in [-0.1, -0.05) is 6.07 Å². The maximum absolute atomic E-state index is 12.0. The number of aliphatic hydroxyl groups is 1. The number of benzene rings is 1. The summed E-state index contributed by atoms with van der Waals surface area (Å²) in [6.07, 6.45) is 2.96. The van der Waals surface area contributed by atoms with Gasteiger partial charge in [0.25, 0.3) is 0 Å². The van der Waals surface area contributed by atoms with Crippen LogP contribution in [0.15, 0.2) is 24.3 Å². The SMILES string of the molecule is O=C1CC(CO)CN1c1cccc(N2CCCC2)c1. The van der Waals surface area contributed by atoms with Gasteiger partial charge in [-0.25, -0.2) is 0 Å². The van der Waals surface area contributed by atoms with Crippen LogP contribution in [-0.2, 0) is 4.79 Å². The fraction of sp³-hybridized carbons (Fsp3) is 0.533. The predicted octanol–water partition coefficient (Wildman–Crippen LogP) is 1.63. The number of anilines is 2. The quantitative estimate of drug-likeness (QED) is 0.898. The first kappa shape index (κ1) is 12.5. The molecule has 1 unspecified atom stereocenters. The molecule has 1 aromatic rings. The summed E-state index contributed by atoms with van der Waals surface area (Å²) in [5, 5.41) is 9.19. The van der Waals surface area contributed by atoms with E-state index in [1.54, 1.807) is 4.90 Å². The Hall–Kier alpha value is -1.55. The van der Waals surface area contributed by atoms with Crippen molar-refractivity contribution in [1.29, 1.82) is 0 Å². The van der Waals surface area contributed by atoms with Crippen molar-refractivity contribution >= 4 is 17.3 Å². The highest BCUT2D eigenvalue weighted by molar-refractivity contribution is 5.96. The number of carbonyl (C=O) groups is 1. The summed E-state index contributed by atoms with van der Waals surface area (Å²) in [5.41, 5.74) is 2.17. The van der Waals surface area contributed by atoms with E-state index in [4.69, 9.17) is 0 Å². The van der Waals surface area contributed by atoms with Crippen molar-refractivity contribution in [3.05, 3.63) is 24.3 Å². The van der Waals surface area contributed by atoms with Crippen molar-refractivity contribution in [1.82, 2.24) is 0 Å². The van der Waals surface area contributed by atoms with Crippen LogP contribution in [0.25, 0.3) is 0 Å². The van der Waals surface area contributed by atoms with Gasteiger partial charge in [0.05, 0.1) is 0 Å². The zero-order valence-electron chi connectivity index (χ0n) is 11.1. The molecule has 102 valence electrons. The van der Waals surface area contributed by atoms with Crippen molar-refractivity contribution in [2.75, 3.05) is 36.0 Å². The van der Waals surface area contributed by atoms with Crippen LogP contribution in [0.1, 0.15) is 19.3 Å². The standard InChI is InChI=1S/C15H20N2O2/c18-11-12-8-15(19)17(10-12)14-5-3-4-13(9-14)16-6-1-2-7-16/h3-5,9,12,18H,1-2,6-8,10-11H2. The van der Waals surface area contributed by atoms with E-state index >= 15 is 0 Å². The maximum atomic E-state index is 12.0. The van der Waals surface area contributed by atoms with E-state index in [2.05, 4.69) is 17.0 Å². The zero-order chi connectivity index (χ0) is 13.2. The summed E-state index contributed by atoms with van der Waals surface area (Å²) in [6, 6.07) is 8.21. The molecule has 0 saturated carbocycles. The number of hydrogen-bond acceptors (Lipinski definition) is 3. The van der Waals surface area contributed by atoms with Crippen molar-refractivity contribution < 1.29 is 9.90 Å². The van der Waals surface area contributed by atoms with Gasteiger partial charge in [0.2, 0.25) is 5.91 Å². The summed E-state index contributed by atoms with van der Waals surface area (Å²) in [4.78, 5) is 16.2. The molecule has 0 bridgehead atoms. The lowest BCUT2D eigenvalue weighted by Gasteiger charge is -2.22. The molecule has 1 N–H and O–H groups in total. The topological polar surface area (TPSA) is 43.8 Å². The lowest BCUT2D eigenvalue weighted by molar-refractivity contribution is -0.117. The smallest absolute Gasteiger partial charge is 0.227 e. The Morgan fingerprint density at radius 2 is 1.95 bits per heavy atom. The number of nitrogens with zero attached hydrogens (tertiary/aromatic N) is 2. The summed E-state index contributed by atoms with van der Waals surface area (Å²) in [5.74, 6) is 0.209. The zero-order valence-corrected chi connectivity index (χ0v) is 11.1. The Morgan fingerprint density at radius 1 is 1.21 bits per heavy atom. The molecule has 0 aliphatic carbocycles. The molecule has 2 heterocycles. The van der Waals surface area contributed by atoms with Crippen LogP contribution in [0.2, 0.25) is 0 Å². The molecule has 3 rings (SSSR count). The monoisotopic (exact) mass is 260 g/mol. The van der Waals surface area contributed by atoms with Crippen LogP contribution in [0.5, 0.6) is 0 Å². The summed E-state index contributed by atoms with van der Waals surface area (Å²) in [7, 11) is 0. The molecule has 0 spiro atoms. The minimum Gasteiger partial charge on any atom is -0.396 e. The van der Waals surface area contributed by atoms with E-state index in [1.807, 2.05) is 12.1 Å². The minimum absolute atomic E-state index is 0.0861. The molecule has 0 aromatic heterocycles. The average Bonchev–Trinajstić information content (AvgIpc) is 3.08. The molecule has 2 aliphatic rings. The number of amides is 1. The molecule has 4 nitrogen and oxygen atoms in total. The molecular weight excluding hydrogens is 240 g/mol. The lowest BCUT2D eigenvalue weighted by atomic mass is 10.1. The second kappa shape index (κ2) is 5.21. The van der Waals surface area contributed by atoms with Crippen molar-refractivity contribution in [2.24, 2.45) is 5.92 Å². The van der Waals surface area contributed by atoms with Crippen molar-refractivity contribution in [3.63, 3.8) is 0 Å². The first-order chi connectivity index (χ1) is 9.28. The van der Waals surface area contributed by atoms with Gasteiger partial charge in [-0.2, -0.15) is 0 Å². The normalized spacial score (nSPS) is 23.4. The molecule has 2 aliphatic heterocycles. The second-order valence-electron chi connectivity index (χ2n) is 5.47. The van der Waals surface area contributed by atoms with Crippen LogP contribution >= 0.6 is 0 Å². The highest BCUT2D eigenvalue weighted by Crippen LogP contribution is 2.29. The van der Waals surface area contributed by atoms with E-state index in [-0.39, 0.29) is 18.4 Å². The van der Waals surface area contributed by atoms with Crippen molar-refractivity contribution in [3.8, 4) is 0 Å². The Kier molecular flexibility index (Phi) is 3.42. The number of carbonyl (C=O) groups excluding carboxylic acids is 1. The summed E-state index contributed by atoms with van der Waals surface area (Å²) >= 11 is 0. The fourth-order valence-electron chi connectivity index (χ4n) is 2.99. The molecule has 19 heavy (non-hydrogen) atoms.